The Morgan fingerprint density at radius 3 is 2.84 bits per heavy atom. The third-order valence-electron chi connectivity index (χ3n) is 3.55. The molecular weight excluding hydrogens is 242 g/mol. The molecule has 4 nitrogen and oxygen atoms in total. The Balaban J connectivity index is 1.95. The molecule has 1 aromatic rings. The first-order valence-electron chi connectivity index (χ1n) is 7.03. The molecule has 0 radical (unpaired) electrons. The third-order valence-corrected chi connectivity index (χ3v) is 3.55. The molecule has 0 saturated heterocycles. The van der Waals surface area contributed by atoms with Gasteiger partial charge in [0.15, 0.2) is 0 Å². The van der Waals surface area contributed by atoms with Crippen molar-refractivity contribution < 1.29 is 14.9 Å². The number of hydrogen-bond donors (Lipinski definition) is 3. The van der Waals surface area contributed by atoms with Gasteiger partial charge in [-0.05, 0) is 50.3 Å². The van der Waals surface area contributed by atoms with Crippen LogP contribution in [0.4, 0.5) is 0 Å². The lowest BCUT2D eigenvalue weighted by molar-refractivity contribution is 0.255. The van der Waals surface area contributed by atoms with Crippen LogP contribution >= 0.6 is 0 Å². The summed E-state index contributed by atoms with van der Waals surface area (Å²) in [6.45, 7) is 3.37. The van der Waals surface area contributed by atoms with E-state index in [-0.39, 0.29) is 12.4 Å². The highest BCUT2D eigenvalue weighted by atomic mass is 16.5. The molecule has 0 spiro atoms. The number of hydrogen-bond acceptors (Lipinski definition) is 4. The Kier molecular flexibility index (Phi) is 5.05. The minimum Gasteiger partial charge on any atom is -0.508 e. The van der Waals surface area contributed by atoms with Crippen LogP contribution in [0.1, 0.15) is 31.7 Å². The number of phenols is 1. The second-order valence-corrected chi connectivity index (χ2v) is 5.06. The van der Waals surface area contributed by atoms with Crippen molar-refractivity contribution in [1.29, 1.82) is 0 Å². The van der Waals surface area contributed by atoms with Crippen LogP contribution in [0.15, 0.2) is 18.2 Å². The number of nitrogens with one attached hydrogen (secondary N) is 1. The second-order valence-electron chi connectivity index (χ2n) is 5.06. The van der Waals surface area contributed by atoms with Crippen molar-refractivity contribution in [3.63, 3.8) is 0 Å². The van der Waals surface area contributed by atoms with Crippen molar-refractivity contribution in [3.8, 4) is 11.5 Å². The molecule has 1 saturated carbocycles. The normalized spacial score (nSPS) is 16.3. The van der Waals surface area contributed by atoms with Gasteiger partial charge in [-0.1, -0.05) is 0 Å². The molecule has 3 N–H and O–H groups in total. The SMILES string of the molecule is CCOc1ccc(O)c(CNC(CCO)C2CC2)c1. The van der Waals surface area contributed by atoms with E-state index in [1.54, 1.807) is 12.1 Å². The van der Waals surface area contributed by atoms with Crippen molar-refractivity contribution in [2.24, 2.45) is 5.92 Å². The molecule has 0 heterocycles. The van der Waals surface area contributed by atoms with Crippen LogP contribution in [0, 0.1) is 5.92 Å². The van der Waals surface area contributed by atoms with Crippen molar-refractivity contribution >= 4 is 0 Å². The molecule has 1 unspecified atom stereocenters. The first-order chi connectivity index (χ1) is 9.24. The molecule has 106 valence electrons. The average Bonchev–Trinajstić information content (AvgIpc) is 3.22. The van der Waals surface area contributed by atoms with Gasteiger partial charge in [-0.25, -0.2) is 0 Å². The van der Waals surface area contributed by atoms with Crippen molar-refractivity contribution in [2.75, 3.05) is 13.2 Å². The summed E-state index contributed by atoms with van der Waals surface area (Å²) in [5.74, 6) is 1.75. The van der Waals surface area contributed by atoms with Gasteiger partial charge in [-0.15, -0.1) is 0 Å². The van der Waals surface area contributed by atoms with Crippen LogP contribution in [-0.4, -0.2) is 29.5 Å². The molecule has 0 aliphatic heterocycles. The maximum absolute atomic E-state index is 9.86. The molecule has 1 aromatic carbocycles. The minimum absolute atomic E-state index is 0.207. The first-order valence-corrected chi connectivity index (χ1v) is 7.03. The summed E-state index contributed by atoms with van der Waals surface area (Å²) in [4.78, 5) is 0. The summed E-state index contributed by atoms with van der Waals surface area (Å²) >= 11 is 0. The van der Waals surface area contributed by atoms with E-state index in [1.807, 2.05) is 13.0 Å². The van der Waals surface area contributed by atoms with Crippen LogP contribution in [0.25, 0.3) is 0 Å². The summed E-state index contributed by atoms with van der Waals surface area (Å²) in [6.07, 6.45) is 3.25. The summed E-state index contributed by atoms with van der Waals surface area (Å²) in [6, 6.07) is 5.66. The van der Waals surface area contributed by atoms with E-state index in [2.05, 4.69) is 5.32 Å². The molecule has 1 aliphatic rings. The van der Waals surface area contributed by atoms with Crippen LogP contribution < -0.4 is 10.1 Å². The molecule has 1 aliphatic carbocycles. The zero-order chi connectivity index (χ0) is 13.7. The van der Waals surface area contributed by atoms with Gasteiger partial charge in [-0.2, -0.15) is 0 Å². The second kappa shape index (κ2) is 6.78. The number of benzene rings is 1. The van der Waals surface area contributed by atoms with Crippen LogP contribution in [0.2, 0.25) is 0 Å². The molecule has 19 heavy (non-hydrogen) atoms. The predicted molar refractivity (Wildman–Crippen MR) is 74.3 cm³/mol. The number of aliphatic hydroxyl groups is 1. The number of phenolic OH excluding ortho intramolecular Hbond substituents is 1. The van der Waals surface area contributed by atoms with Crippen LogP contribution in [-0.2, 0) is 6.54 Å². The van der Waals surface area contributed by atoms with Crippen molar-refractivity contribution in [1.82, 2.24) is 5.32 Å². The Labute approximate surface area is 114 Å². The van der Waals surface area contributed by atoms with E-state index < -0.39 is 0 Å². The first kappa shape index (κ1) is 14.2. The highest BCUT2D eigenvalue weighted by Gasteiger charge is 2.30. The van der Waals surface area contributed by atoms with Gasteiger partial charge < -0.3 is 20.3 Å². The maximum atomic E-state index is 9.86. The van der Waals surface area contributed by atoms with Gasteiger partial charge in [0.25, 0.3) is 0 Å². The Hall–Kier alpha value is -1.26. The number of aromatic hydroxyl groups is 1. The molecule has 0 aromatic heterocycles. The van der Waals surface area contributed by atoms with Gasteiger partial charge in [0, 0.05) is 24.8 Å². The van der Waals surface area contributed by atoms with Gasteiger partial charge in [0.1, 0.15) is 11.5 Å². The maximum Gasteiger partial charge on any atom is 0.120 e. The number of ether oxygens (including phenoxy) is 1. The quantitative estimate of drug-likeness (QED) is 0.673. The van der Waals surface area contributed by atoms with Crippen molar-refractivity contribution in [3.05, 3.63) is 23.8 Å². The van der Waals surface area contributed by atoms with Gasteiger partial charge >= 0.3 is 0 Å². The Bertz CT molecular complexity index is 404. The van der Waals surface area contributed by atoms with E-state index in [0.29, 0.717) is 25.1 Å². The lowest BCUT2D eigenvalue weighted by Gasteiger charge is -2.18. The lowest BCUT2D eigenvalue weighted by Crippen LogP contribution is -2.31. The highest BCUT2D eigenvalue weighted by molar-refractivity contribution is 5.39. The number of rotatable bonds is 8. The monoisotopic (exact) mass is 265 g/mol. The molecule has 0 bridgehead atoms. The topological polar surface area (TPSA) is 61.7 Å². The lowest BCUT2D eigenvalue weighted by atomic mass is 10.1. The number of aliphatic hydroxyl groups excluding tert-OH is 1. The highest BCUT2D eigenvalue weighted by Crippen LogP contribution is 2.34. The van der Waals surface area contributed by atoms with E-state index in [1.165, 1.54) is 12.8 Å². The zero-order valence-electron chi connectivity index (χ0n) is 11.4. The summed E-state index contributed by atoms with van der Waals surface area (Å²) in [5.41, 5.74) is 0.842. The summed E-state index contributed by atoms with van der Waals surface area (Å²) in [5, 5.41) is 22.4. The molecule has 1 fully saturated rings. The smallest absolute Gasteiger partial charge is 0.120 e. The van der Waals surface area contributed by atoms with E-state index in [4.69, 9.17) is 9.84 Å². The molecule has 2 rings (SSSR count). The molecular formula is C15H23NO3. The van der Waals surface area contributed by atoms with Gasteiger partial charge in [-0.3, -0.25) is 0 Å². The fraction of sp³-hybridized carbons (Fsp3) is 0.600. The van der Waals surface area contributed by atoms with E-state index in [9.17, 15) is 5.11 Å². The summed E-state index contributed by atoms with van der Waals surface area (Å²) in [7, 11) is 0. The van der Waals surface area contributed by atoms with E-state index in [0.717, 1.165) is 17.7 Å². The fourth-order valence-corrected chi connectivity index (χ4v) is 2.34. The molecule has 0 amide bonds. The van der Waals surface area contributed by atoms with Gasteiger partial charge in [0.05, 0.1) is 6.61 Å². The van der Waals surface area contributed by atoms with Crippen molar-refractivity contribution in [2.45, 2.75) is 38.8 Å². The van der Waals surface area contributed by atoms with Crippen LogP contribution in [0.5, 0.6) is 11.5 Å². The molecule has 1 atom stereocenters. The van der Waals surface area contributed by atoms with Gasteiger partial charge in [0.2, 0.25) is 0 Å². The molecule has 4 heteroatoms. The Morgan fingerprint density at radius 2 is 2.21 bits per heavy atom. The Morgan fingerprint density at radius 1 is 1.42 bits per heavy atom. The third kappa shape index (κ3) is 4.11. The fourth-order valence-electron chi connectivity index (χ4n) is 2.34. The predicted octanol–water partition coefficient (Wildman–Crippen LogP) is 2.04. The standard InChI is InChI=1S/C15H23NO3/c1-2-19-13-5-6-15(18)12(9-13)10-16-14(7-8-17)11-3-4-11/h5-6,9,11,14,16-18H,2-4,7-8,10H2,1H3. The largest absolute Gasteiger partial charge is 0.508 e. The summed E-state index contributed by atoms with van der Waals surface area (Å²) < 4.78 is 5.44. The van der Waals surface area contributed by atoms with Crippen LogP contribution in [0.3, 0.4) is 0 Å². The van der Waals surface area contributed by atoms with E-state index >= 15 is 0 Å². The minimum atomic E-state index is 0.207. The zero-order valence-corrected chi connectivity index (χ0v) is 11.4. The average molecular weight is 265 g/mol.